The second-order valence-corrected chi connectivity index (χ2v) is 5.61. The van der Waals surface area contributed by atoms with Crippen LogP contribution in [0.2, 0.25) is 0 Å². The number of carbonyl (C=O) groups is 2. The van der Waals surface area contributed by atoms with Gasteiger partial charge in [-0.1, -0.05) is 0 Å². The zero-order valence-corrected chi connectivity index (χ0v) is 17.3. The molecule has 11 heteroatoms. The molecule has 0 bridgehead atoms. The molecule has 2 N–H and O–H groups in total. The number of aromatic carboxylic acids is 1. The first-order chi connectivity index (χ1) is 11.7. The number of carboxylic acids is 1. The Balaban J connectivity index is 0.00000338. The quantitative estimate of drug-likeness (QED) is 0.528. The molecular weight excluding hydrogens is 400 g/mol. The van der Waals surface area contributed by atoms with Gasteiger partial charge in [-0.2, -0.15) is 0 Å². The molecule has 0 radical (unpaired) electrons. The van der Waals surface area contributed by atoms with E-state index in [9.17, 15) is 22.8 Å². The summed E-state index contributed by atoms with van der Waals surface area (Å²) in [6.07, 6.45) is -3.40. The number of ether oxygens (including phenoxy) is 1. The van der Waals surface area contributed by atoms with E-state index in [0.29, 0.717) is 17.4 Å². The van der Waals surface area contributed by atoms with Gasteiger partial charge in [0.15, 0.2) is 0 Å². The molecule has 0 spiro atoms. The summed E-state index contributed by atoms with van der Waals surface area (Å²) in [6.45, 7) is -0.167. The summed E-state index contributed by atoms with van der Waals surface area (Å²) in [7, 11) is 0. The second-order valence-electron chi connectivity index (χ2n) is 4.56. The second kappa shape index (κ2) is 10.3. The van der Waals surface area contributed by atoms with Crippen molar-refractivity contribution in [3.63, 3.8) is 0 Å². The maximum atomic E-state index is 12.1. The van der Waals surface area contributed by atoms with Crippen molar-refractivity contribution in [2.45, 2.75) is 11.4 Å². The van der Waals surface area contributed by atoms with Crippen LogP contribution in [0.5, 0.6) is 5.75 Å². The number of halogens is 3. The van der Waals surface area contributed by atoms with E-state index in [1.54, 1.807) is 0 Å². The number of hydrogen-bond acceptors (Lipinski definition) is 6. The maximum absolute atomic E-state index is 12.1. The fourth-order valence-electron chi connectivity index (χ4n) is 1.73. The number of aromatic nitrogens is 1. The number of carbonyl (C=O) groups excluding carboxylic acids is 1. The van der Waals surface area contributed by atoms with Crippen LogP contribution < -0.4 is 61.4 Å². The van der Waals surface area contributed by atoms with Crippen LogP contribution in [-0.2, 0) is 4.79 Å². The van der Waals surface area contributed by atoms with E-state index in [0.717, 1.165) is 12.1 Å². The molecule has 0 saturated heterocycles. The molecule has 0 atom stereocenters. The van der Waals surface area contributed by atoms with Crippen molar-refractivity contribution in [2.24, 2.45) is 0 Å². The Labute approximate surface area is 194 Å². The minimum atomic E-state index is -4.77. The Morgan fingerprint density at radius 1 is 1.23 bits per heavy atom. The van der Waals surface area contributed by atoms with E-state index in [1.807, 2.05) is 0 Å². The van der Waals surface area contributed by atoms with Crippen LogP contribution in [-0.4, -0.2) is 34.1 Å². The Morgan fingerprint density at radius 3 is 2.46 bits per heavy atom. The number of hydrogen-bond donors (Lipinski definition) is 2. The van der Waals surface area contributed by atoms with Gasteiger partial charge in [0.2, 0.25) is 5.12 Å². The largest absolute Gasteiger partial charge is 1.00 e. The van der Waals surface area contributed by atoms with Gasteiger partial charge in [0.1, 0.15) is 10.8 Å². The van der Waals surface area contributed by atoms with Crippen LogP contribution in [0.3, 0.4) is 0 Å². The van der Waals surface area contributed by atoms with Crippen molar-refractivity contribution in [2.75, 3.05) is 11.9 Å². The molecule has 0 fully saturated rings. The first-order valence-electron chi connectivity index (χ1n) is 6.73. The molecule has 0 unspecified atom stereocenters. The SMILES string of the molecule is O=C(CNc1ccc(OC(F)(F)F)cc1)Sc1ncccc1C(=O)O.[H-].[K+]. The number of thioether (sulfide) groups is 1. The number of anilines is 1. The van der Waals surface area contributed by atoms with E-state index in [-0.39, 0.29) is 75.7 Å². The van der Waals surface area contributed by atoms with E-state index in [2.05, 4.69) is 15.0 Å². The fraction of sp³-hybridized carbons (Fsp3) is 0.133. The molecule has 2 aromatic rings. The summed E-state index contributed by atoms with van der Waals surface area (Å²) < 4.78 is 39.9. The van der Waals surface area contributed by atoms with Crippen LogP contribution in [0.1, 0.15) is 11.8 Å². The molecule has 26 heavy (non-hydrogen) atoms. The Kier molecular flexibility index (Phi) is 9.06. The summed E-state index contributed by atoms with van der Waals surface area (Å²) in [6, 6.07) is 7.63. The predicted octanol–water partition coefficient (Wildman–Crippen LogP) is 0.526. The predicted molar refractivity (Wildman–Crippen MR) is 84.8 cm³/mol. The Bertz CT molecular complexity index is 778. The molecule has 0 saturated carbocycles. The van der Waals surface area contributed by atoms with Crippen molar-refractivity contribution in [1.82, 2.24) is 4.98 Å². The fourth-order valence-corrected chi connectivity index (χ4v) is 2.47. The molecule has 134 valence electrons. The van der Waals surface area contributed by atoms with Gasteiger partial charge in [-0.15, -0.1) is 13.2 Å². The van der Waals surface area contributed by atoms with Gasteiger partial charge < -0.3 is 16.6 Å². The summed E-state index contributed by atoms with van der Waals surface area (Å²) in [4.78, 5) is 26.8. The number of rotatable bonds is 6. The van der Waals surface area contributed by atoms with Gasteiger partial charge in [-0.25, -0.2) is 9.78 Å². The van der Waals surface area contributed by atoms with Crippen LogP contribution >= 0.6 is 11.8 Å². The van der Waals surface area contributed by atoms with Crippen LogP contribution in [0.15, 0.2) is 47.6 Å². The van der Waals surface area contributed by atoms with E-state index >= 15 is 0 Å². The minimum absolute atomic E-state index is 0. The summed E-state index contributed by atoms with van der Waals surface area (Å²) in [5.41, 5.74) is 0.317. The molecule has 1 aromatic heterocycles. The molecule has 6 nitrogen and oxygen atoms in total. The van der Waals surface area contributed by atoms with Gasteiger partial charge >= 0.3 is 63.7 Å². The smallest absolute Gasteiger partial charge is 1.00 e. The zero-order valence-electron chi connectivity index (χ0n) is 14.4. The van der Waals surface area contributed by atoms with Crippen molar-refractivity contribution < 1.29 is 85.4 Å². The summed E-state index contributed by atoms with van der Waals surface area (Å²) in [5, 5.41) is 11.4. The van der Waals surface area contributed by atoms with Crippen molar-refractivity contribution in [1.29, 1.82) is 0 Å². The van der Waals surface area contributed by atoms with E-state index < -0.39 is 17.4 Å². The number of benzene rings is 1. The van der Waals surface area contributed by atoms with Gasteiger partial charge in [0.05, 0.1) is 12.1 Å². The minimum Gasteiger partial charge on any atom is -1.00 e. The van der Waals surface area contributed by atoms with E-state index in [4.69, 9.17) is 5.11 Å². The monoisotopic (exact) mass is 412 g/mol. The third kappa shape index (κ3) is 7.64. The van der Waals surface area contributed by atoms with Gasteiger partial charge in [0, 0.05) is 11.9 Å². The van der Waals surface area contributed by atoms with Gasteiger partial charge in [0.25, 0.3) is 0 Å². The number of nitrogens with one attached hydrogen (secondary N) is 1. The van der Waals surface area contributed by atoms with Crippen molar-refractivity contribution in [3.8, 4) is 5.75 Å². The Hall–Kier alpha value is -1.11. The number of nitrogens with zero attached hydrogens (tertiary/aromatic N) is 1. The first kappa shape index (κ1) is 22.9. The third-order valence-electron chi connectivity index (χ3n) is 2.74. The average Bonchev–Trinajstić information content (AvgIpc) is 2.53. The normalized spacial score (nSPS) is 10.6. The zero-order chi connectivity index (χ0) is 18.4. The van der Waals surface area contributed by atoms with Crippen LogP contribution in [0.4, 0.5) is 18.9 Å². The van der Waals surface area contributed by atoms with Gasteiger partial charge in [-0.3, -0.25) is 4.79 Å². The number of alkyl halides is 3. The molecular formula is C15H12F3KN2O4S. The third-order valence-corrected chi connectivity index (χ3v) is 3.63. The van der Waals surface area contributed by atoms with Crippen molar-refractivity contribution in [3.05, 3.63) is 48.2 Å². The van der Waals surface area contributed by atoms with Gasteiger partial charge in [-0.05, 0) is 48.2 Å². The first-order valence-corrected chi connectivity index (χ1v) is 7.55. The summed E-state index contributed by atoms with van der Waals surface area (Å²) in [5.74, 6) is -1.57. The Morgan fingerprint density at radius 2 is 1.88 bits per heavy atom. The average molecular weight is 412 g/mol. The number of pyridine rings is 1. The molecule has 1 aromatic carbocycles. The molecule has 0 aliphatic heterocycles. The summed E-state index contributed by atoms with van der Waals surface area (Å²) >= 11 is 0.662. The molecule has 1 heterocycles. The standard InChI is InChI=1S/C15H11F3N2O4S.K.H/c16-15(17,18)24-10-5-3-9(4-6-10)20-8-12(21)25-13-11(14(22)23)2-1-7-19-13;;/h1-7,20H,8H2,(H,22,23);;/q;+1;-1. The molecule has 0 amide bonds. The maximum Gasteiger partial charge on any atom is 1.00 e. The van der Waals surface area contributed by atoms with Crippen LogP contribution in [0.25, 0.3) is 0 Å². The van der Waals surface area contributed by atoms with E-state index in [1.165, 1.54) is 30.5 Å². The molecule has 0 aliphatic rings. The number of carboxylic acid groups (broad SMARTS) is 1. The topological polar surface area (TPSA) is 88.5 Å². The van der Waals surface area contributed by atoms with Crippen molar-refractivity contribution >= 4 is 28.5 Å². The van der Waals surface area contributed by atoms with Crippen LogP contribution in [0, 0.1) is 0 Å². The molecule has 0 aliphatic carbocycles. The molecule has 2 rings (SSSR count).